The van der Waals surface area contributed by atoms with Crippen LogP contribution in [0.3, 0.4) is 0 Å². The largest absolute Gasteiger partial charge is 0.326 e. The molecule has 2 fully saturated rings. The molecule has 1 aliphatic carbocycles. The number of likely N-dealkylation sites (tertiary alicyclic amines) is 1. The Morgan fingerprint density at radius 1 is 1.02 bits per heavy atom. The summed E-state index contributed by atoms with van der Waals surface area (Å²) in [5.41, 5.74) is 5.46. The molecule has 4 aromatic rings. The average molecular weight is 558 g/mol. The Kier molecular flexibility index (Phi) is 7.55. The third-order valence-corrected chi connectivity index (χ3v) is 8.55. The topological polar surface area (TPSA) is 71.8 Å². The second-order valence-corrected chi connectivity index (χ2v) is 11.5. The van der Waals surface area contributed by atoms with Gasteiger partial charge in [-0.05, 0) is 114 Å². The lowest BCUT2D eigenvalue weighted by Gasteiger charge is -2.35. The maximum absolute atomic E-state index is 15.1. The summed E-state index contributed by atoms with van der Waals surface area (Å²) in [6.07, 6.45) is 9.02. The number of piperidine rings is 1. The lowest BCUT2D eigenvalue weighted by molar-refractivity contribution is 0.215. The smallest absolute Gasteiger partial charge is 0.229 e. The van der Waals surface area contributed by atoms with Gasteiger partial charge in [-0.1, -0.05) is 12.5 Å². The number of rotatable bonds is 7. The van der Waals surface area contributed by atoms with Crippen LogP contribution in [0.15, 0.2) is 42.2 Å². The van der Waals surface area contributed by atoms with Gasteiger partial charge in [0.15, 0.2) is 11.6 Å². The van der Waals surface area contributed by atoms with Crippen molar-refractivity contribution in [3.63, 3.8) is 0 Å². The van der Waals surface area contributed by atoms with Crippen LogP contribution in [0.5, 0.6) is 0 Å². The van der Waals surface area contributed by atoms with Gasteiger partial charge in [0, 0.05) is 17.8 Å². The molecule has 1 saturated carbocycles. The van der Waals surface area contributed by atoms with Gasteiger partial charge in [-0.3, -0.25) is 0 Å². The molecule has 3 aromatic heterocycles. The van der Waals surface area contributed by atoms with Crippen LogP contribution in [0, 0.1) is 24.5 Å². The first-order valence-electron chi connectivity index (χ1n) is 14.7. The van der Waals surface area contributed by atoms with Gasteiger partial charge in [0.1, 0.15) is 22.9 Å². The highest BCUT2D eigenvalue weighted by atomic mass is 19.1. The lowest BCUT2D eigenvalue weighted by Crippen LogP contribution is -2.34. The molecule has 0 bridgehead atoms. The second-order valence-electron chi connectivity index (χ2n) is 11.5. The molecule has 1 N–H and O–H groups in total. The van der Waals surface area contributed by atoms with E-state index in [4.69, 9.17) is 0 Å². The fourth-order valence-corrected chi connectivity index (χ4v) is 6.32. The number of nitrogens with one attached hydrogen (secondary N) is 1. The van der Waals surface area contributed by atoms with Crippen LogP contribution in [0.4, 0.5) is 20.5 Å². The third-order valence-electron chi connectivity index (χ3n) is 8.55. The van der Waals surface area contributed by atoms with E-state index in [1.807, 2.05) is 37.6 Å². The Morgan fingerprint density at radius 3 is 2.44 bits per heavy atom. The number of hydrogen-bond donors (Lipinski definition) is 1. The highest BCUT2D eigenvalue weighted by Gasteiger charge is 2.27. The molecule has 0 amide bonds. The summed E-state index contributed by atoms with van der Waals surface area (Å²) in [6, 6.07) is 7.13. The number of halogens is 2. The summed E-state index contributed by atoms with van der Waals surface area (Å²) in [5, 5.41) is 3.11. The molecule has 9 heteroatoms. The number of hydrogen-bond acceptors (Lipinski definition) is 6. The standard InChI is InChI=1S/C32H37F2N7/c1-5-40-13-11-22(12-14-40)29(21-7-6-8-21)23-9-10-28(35-17-23)38-32-36-18-26(34)30(39-32)24-15-25(33)31-27(16-24)41(19(2)3)20(4)37-31/h9-10,15-19,22H,5-8,11-14H2,1-4H3,(H,35,36,38,39). The fourth-order valence-electron chi connectivity index (χ4n) is 6.32. The van der Waals surface area contributed by atoms with Crippen LogP contribution < -0.4 is 5.32 Å². The SMILES string of the molecule is CCN1CCC(C(=C2CCC2)c2ccc(Nc3ncc(F)c(-c4cc(F)c5nc(C)n(C(C)C)c5c4)n3)nc2)CC1. The van der Waals surface area contributed by atoms with Gasteiger partial charge in [-0.15, -0.1) is 0 Å². The van der Waals surface area contributed by atoms with Gasteiger partial charge in [-0.2, -0.15) is 0 Å². The quantitative estimate of drug-likeness (QED) is 0.254. The molecular weight excluding hydrogens is 520 g/mol. The second kappa shape index (κ2) is 11.3. The van der Waals surface area contributed by atoms with Crippen molar-refractivity contribution >= 4 is 28.4 Å². The number of fused-ring (bicyclic) bond motifs is 1. The summed E-state index contributed by atoms with van der Waals surface area (Å²) in [6.45, 7) is 11.5. The molecule has 0 atom stereocenters. The number of nitrogens with zero attached hydrogens (tertiary/aromatic N) is 6. The molecular formula is C32H37F2N7. The molecule has 214 valence electrons. The van der Waals surface area contributed by atoms with E-state index in [1.54, 1.807) is 11.6 Å². The van der Waals surface area contributed by atoms with E-state index in [0.717, 1.165) is 25.8 Å². The van der Waals surface area contributed by atoms with Crippen LogP contribution in [0.25, 0.3) is 27.9 Å². The van der Waals surface area contributed by atoms with Crippen LogP contribution in [0.1, 0.15) is 70.3 Å². The fraction of sp³-hybridized carbons (Fsp3) is 0.438. The van der Waals surface area contributed by atoms with Crippen molar-refractivity contribution in [2.45, 2.75) is 65.8 Å². The average Bonchev–Trinajstić information content (AvgIpc) is 3.29. The molecule has 0 unspecified atom stereocenters. The molecule has 1 aromatic carbocycles. The third kappa shape index (κ3) is 5.35. The maximum atomic E-state index is 15.1. The molecule has 4 heterocycles. The summed E-state index contributed by atoms with van der Waals surface area (Å²) in [5.74, 6) is 0.900. The highest BCUT2D eigenvalue weighted by Crippen LogP contribution is 2.41. The van der Waals surface area contributed by atoms with Crippen LogP contribution in [-0.4, -0.2) is 49.0 Å². The van der Waals surface area contributed by atoms with Crippen LogP contribution in [0.2, 0.25) is 0 Å². The zero-order valence-corrected chi connectivity index (χ0v) is 24.2. The van der Waals surface area contributed by atoms with Gasteiger partial charge in [-0.25, -0.2) is 28.7 Å². The van der Waals surface area contributed by atoms with Crippen molar-refractivity contribution in [3.8, 4) is 11.3 Å². The van der Waals surface area contributed by atoms with E-state index in [2.05, 4.69) is 43.1 Å². The minimum absolute atomic E-state index is 0.0181. The van der Waals surface area contributed by atoms with Crippen molar-refractivity contribution in [3.05, 3.63) is 65.3 Å². The summed E-state index contributed by atoms with van der Waals surface area (Å²) >= 11 is 0. The van der Waals surface area contributed by atoms with E-state index >= 15 is 4.39 Å². The number of imidazole rings is 1. The first-order chi connectivity index (χ1) is 19.8. The van der Waals surface area contributed by atoms with E-state index in [9.17, 15) is 4.39 Å². The Bertz CT molecular complexity index is 1590. The minimum atomic E-state index is -0.629. The molecule has 1 saturated heterocycles. The van der Waals surface area contributed by atoms with Gasteiger partial charge in [0.25, 0.3) is 0 Å². The molecule has 7 nitrogen and oxygen atoms in total. The van der Waals surface area contributed by atoms with Gasteiger partial charge < -0.3 is 14.8 Å². The van der Waals surface area contributed by atoms with Crippen molar-refractivity contribution in [1.82, 2.24) is 29.4 Å². The molecule has 0 radical (unpaired) electrons. The molecule has 0 spiro atoms. The van der Waals surface area contributed by atoms with E-state index in [-0.39, 0.29) is 23.2 Å². The van der Waals surface area contributed by atoms with Crippen LogP contribution >= 0.6 is 0 Å². The van der Waals surface area contributed by atoms with Gasteiger partial charge in [0.2, 0.25) is 5.95 Å². The number of aromatic nitrogens is 5. The highest BCUT2D eigenvalue weighted by molar-refractivity contribution is 5.83. The maximum Gasteiger partial charge on any atom is 0.229 e. The Balaban J connectivity index is 1.26. The lowest BCUT2D eigenvalue weighted by atomic mass is 9.77. The normalized spacial score (nSPS) is 16.4. The van der Waals surface area contributed by atoms with Crippen molar-refractivity contribution in [2.24, 2.45) is 5.92 Å². The first kappa shape index (κ1) is 27.4. The predicted octanol–water partition coefficient (Wildman–Crippen LogP) is 7.47. The zero-order chi connectivity index (χ0) is 28.7. The zero-order valence-electron chi connectivity index (χ0n) is 24.2. The minimum Gasteiger partial charge on any atom is -0.326 e. The number of aryl methyl sites for hydroxylation is 1. The van der Waals surface area contributed by atoms with Gasteiger partial charge in [0.05, 0.1) is 11.7 Å². The number of anilines is 2. The van der Waals surface area contributed by atoms with E-state index < -0.39 is 11.6 Å². The molecule has 2 aliphatic rings. The first-order valence-corrected chi connectivity index (χ1v) is 14.7. The number of benzene rings is 1. The van der Waals surface area contributed by atoms with Crippen molar-refractivity contribution < 1.29 is 8.78 Å². The Hall–Kier alpha value is -3.72. The summed E-state index contributed by atoms with van der Waals surface area (Å²) < 4.78 is 31.9. The van der Waals surface area contributed by atoms with Crippen LogP contribution in [-0.2, 0) is 0 Å². The number of pyridine rings is 1. The van der Waals surface area contributed by atoms with Crippen molar-refractivity contribution in [2.75, 3.05) is 25.0 Å². The summed E-state index contributed by atoms with van der Waals surface area (Å²) in [7, 11) is 0. The Morgan fingerprint density at radius 2 is 1.80 bits per heavy atom. The monoisotopic (exact) mass is 557 g/mol. The van der Waals surface area contributed by atoms with E-state index in [1.165, 1.54) is 49.3 Å². The Labute approximate surface area is 239 Å². The molecule has 6 rings (SSSR count). The number of allylic oxidation sites excluding steroid dienone is 2. The molecule has 41 heavy (non-hydrogen) atoms. The predicted molar refractivity (Wildman–Crippen MR) is 159 cm³/mol. The van der Waals surface area contributed by atoms with Crippen molar-refractivity contribution in [1.29, 1.82) is 0 Å². The van der Waals surface area contributed by atoms with Gasteiger partial charge >= 0.3 is 0 Å². The molecule has 1 aliphatic heterocycles. The summed E-state index contributed by atoms with van der Waals surface area (Å²) in [4.78, 5) is 20.1. The van der Waals surface area contributed by atoms with E-state index in [0.29, 0.717) is 28.6 Å².